The van der Waals surface area contributed by atoms with Crippen molar-refractivity contribution in [3.05, 3.63) is 53.4 Å². The Morgan fingerprint density at radius 2 is 1.73 bits per heavy atom. The van der Waals surface area contributed by atoms with Crippen molar-refractivity contribution in [2.75, 3.05) is 86.1 Å². The lowest BCUT2D eigenvalue weighted by Gasteiger charge is -2.43. The van der Waals surface area contributed by atoms with E-state index < -0.39 is 0 Å². The van der Waals surface area contributed by atoms with Gasteiger partial charge in [0.05, 0.1) is 35.9 Å². The molecule has 49 heavy (non-hydrogen) atoms. The minimum Gasteiger partial charge on any atom is -0.494 e. The Balaban J connectivity index is 1.13. The van der Waals surface area contributed by atoms with Crippen LogP contribution in [0.25, 0.3) is 11.0 Å². The summed E-state index contributed by atoms with van der Waals surface area (Å²) >= 11 is 8.38. The van der Waals surface area contributed by atoms with Crippen molar-refractivity contribution in [1.82, 2.24) is 29.7 Å². The summed E-state index contributed by atoms with van der Waals surface area (Å²) in [7, 11) is 5.99. The van der Waals surface area contributed by atoms with E-state index >= 15 is 0 Å². The van der Waals surface area contributed by atoms with Crippen LogP contribution < -0.4 is 24.6 Å². The quantitative estimate of drug-likeness (QED) is 0.151. The van der Waals surface area contributed by atoms with E-state index in [9.17, 15) is 0 Å². The van der Waals surface area contributed by atoms with E-state index in [0.29, 0.717) is 22.8 Å². The summed E-state index contributed by atoms with van der Waals surface area (Å²) in [4.78, 5) is 26.3. The van der Waals surface area contributed by atoms with Crippen molar-refractivity contribution >= 4 is 69.1 Å². The van der Waals surface area contributed by atoms with Gasteiger partial charge in [-0.25, -0.2) is 4.98 Å². The Hall–Kier alpha value is -3.58. The maximum Gasteiger partial charge on any atom is 0.229 e. The molecule has 0 atom stereocenters. The molecule has 0 amide bonds. The van der Waals surface area contributed by atoms with Gasteiger partial charge in [0.15, 0.2) is 5.82 Å². The molecule has 2 aromatic carbocycles. The molecule has 13 heteroatoms. The van der Waals surface area contributed by atoms with Crippen LogP contribution in [-0.4, -0.2) is 102 Å². The smallest absolute Gasteiger partial charge is 0.229 e. The van der Waals surface area contributed by atoms with Gasteiger partial charge in [-0.3, -0.25) is 14.9 Å². The number of ether oxygens (including phenoxy) is 1. The van der Waals surface area contributed by atoms with Crippen molar-refractivity contribution in [2.45, 2.75) is 45.1 Å². The highest BCUT2D eigenvalue weighted by Crippen LogP contribution is 2.42. The molecule has 1 aliphatic carbocycles. The van der Waals surface area contributed by atoms with Gasteiger partial charge in [-0.2, -0.15) is 4.98 Å². The van der Waals surface area contributed by atoms with Crippen LogP contribution in [0.1, 0.15) is 38.2 Å². The highest BCUT2D eigenvalue weighted by Gasteiger charge is 2.30. The van der Waals surface area contributed by atoms with Crippen LogP contribution in [0.3, 0.4) is 0 Å². The molecule has 260 valence electrons. The fourth-order valence-electron chi connectivity index (χ4n) is 7.09. The summed E-state index contributed by atoms with van der Waals surface area (Å²) < 4.78 is 8.09. The number of fused-ring (bicyclic) bond motifs is 1. The maximum absolute atomic E-state index is 6.68. The molecule has 4 heterocycles. The van der Waals surface area contributed by atoms with Crippen LogP contribution in [0.15, 0.2) is 42.9 Å². The Labute approximate surface area is 298 Å². The van der Waals surface area contributed by atoms with E-state index in [0.717, 1.165) is 65.0 Å². The first-order valence-corrected chi connectivity index (χ1v) is 18.8. The first-order chi connectivity index (χ1) is 23.9. The van der Waals surface area contributed by atoms with Gasteiger partial charge in [-0.1, -0.05) is 30.5 Å². The molecule has 1 saturated carbocycles. The topological polar surface area (TPSA) is 97.8 Å². The highest BCUT2D eigenvalue weighted by atomic mass is 35.5. The zero-order valence-electron chi connectivity index (χ0n) is 29.0. The van der Waals surface area contributed by atoms with Crippen LogP contribution in [0.5, 0.6) is 5.75 Å². The zero-order valence-corrected chi connectivity index (χ0v) is 30.5. The van der Waals surface area contributed by atoms with Crippen LogP contribution >= 0.6 is 23.5 Å². The van der Waals surface area contributed by atoms with Gasteiger partial charge in [-0.05, 0) is 68.8 Å². The van der Waals surface area contributed by atoms with Gasteiger partial charge < -0.3 is 29.5 Å². The minimum atomic E-state index is 0.415. The molecule has 4 aromatic rings. The number of methoxy groups -OCH3 is 1. The number of likely N-dealkylation sites (N-methyl/N-ethyl adjacent to an activating group) is 1. The first-order valence-electron chi connectivity index (χ1n) is 17.5. The lowest BCUT2D eigenvalue weighted by Crippen LogP contribution is -2.52. The third-order valence-electron chi connectivity index (χ3n) is 9.96. The summed E-state index contributed by atoms with van der Waals surface area (Å²) in [6.07, 6.45) is 11.1. The molecule has 2 aromatic heterocycles. The fraction of sp³-hybridized carbons (Fsp3) is 0.500. The van der Waals surface area contributed by atoms with Gasteiger partial charge in [0.1, 0.15) is 16.3 Å². The van der Waals surface area contributed by atoms with Crippen molar-refractivity contribution in [3.63, 3.8) is 0 Å². The molecule has 11 nitrogen and oxygen atoms in total. The average molecular weight is 703 g/mol. The molecule has 2 saturated heterocycles. The number of hydrogen-bond acceptors (Lipinski definition) is 12. The molecular weight excluding hydrogens is 656 g/mol. The molecule has 0 bridgehead atoms. The van der Waals surface area contributed by atoms with E-state index in [2.05, 4.69) is 70.7 Å². The van der Waals surface area contributed by atoms with Crippen LogP contribution in [0.4, 0.5) is 34.5 Å². The first kappa shape index (κ1) is 33.9. The summed E-state index contributed by atoms with van der Waals surface area (Å²) in [6.45, 7) is 8.95. The Morgan fingerprint density at radius 1 is 0.959 bits per heavy atom. The van der Waals surface area contributed by atoms with Crippen molar-refractivity contribution < 1.29 is 4.74 Å². The number of nitrogens with one attached hydrogen (secondary N) is 2. The maximum atomic E-state index is 6.68. The number of benzene rings is 2. The lowest BCUT2D eigenvalue weighted by molar-refractivity contribution is 0.0982. The number of anilines is 6. The van der Waals surface area contributed by atoms with Crippen LogP contribution in [0.2, 0.25) is 5.02 Å². The molecule has 2 N–H and O–H groups in total. The number of halogens is 1. The number of hydrogen-bond donors (Lipinski definition) is 2. The number of piperidine rings is 1. The third kappa shape index (κ3) is 7.77. The minimum absolute atomic E-state index is 0.415. The molecule has 0 spiro atoms. The van der Waals surface area contributed by atoms with Gasteiger partial charge in [0.25, 0.3) is 0 Å². The number of nitrogens with zero attached hydrogens (tertiary/aromatic N) is 8. The van der Waals surface area contributed by atoms with E-state index in [-0.39, 0.29) is 0 Å². The summed E-state index contributed by atoms with van der Waals surface area (Å²) in [5.74, 6) is 3.36. The Kier molecular flexibility index (Phi) is 10.5. The molecule has 0 unspecified atom stereocenters. The third-order valence-corrected chi connectivity index (χ3v) is 11.1. The average Bonchev–Trinajstić information content (AvgIpc) is 3.94. The predicted octanol–water partition coefficient (Wildman–Crippen LogP) is 6.84. The summed E-state index contributed by atoms with van der Waals surface area (Å²) in [6, 6.07) is 9.09. The molecule has 0 radical (unpaired) electrons. The van der Waals surface area contributed by atoms with Gasteiger partial charge in [0, 0.05) is 82.3 Å². The molecule has 3 aliphatic rings. The van der Waals surface area contributed by atoms with E-state index in [1.54, 1.807) is 37.6 Å². The van der Waals surface area contributed by atoms with E-state index in [4.69, 9.17) is 21.3 Å². The standard InChI is InChI=1S/C36H47ClN10OS/c1-5-49-45(3)34-29(9-8-28-33(34)39-13-12-38-28)41-35-27(37)23-40-36(43-35)42-30-21-25(20-24-6-7-24)31(22-32(30)48-4)47-14-10-26(11-15-47)46-18-16-44(2)17-19-46/h8-9,12-13,21-24,26H,5-7,10-11,14-20H2,1-4H3,(H2,40,41,42,43). The Morgan fingerprint density at radius 3 is 2.47 bits per heavy atom. The van der Waals surface area contributed by atoms with Crippen molar-refractivity contribution in [2.24, 2.45) is 5.92 Å². The van der Waals surface area contributed by atoms with Crippen LogP contribution in [-0.2, 0) is 6.42 Å². The van der Waals surface area contributed by atoms with Crippen molar-refractivity contribution in [3.8, 4) is 5.75 Å². The lowest BCUT2D eigenvalue weighted by atomic mass is 9.98. The summed E-state index contributed by atoms with van der Waals surface area (Å²) in [5, 5.41) is 7.35. The second kappa shape index (κ2) is 15.1. The second-order valence-corrected chi connectivity index (χ2v) is 15.1. The normalized spacial score (nSPS) is 17.8. The SMILES string of the molecule is CCSN(C)c1c(Nc2nc(Nc3cc(CC4CC4)c(N4CCC(N5CCN(C)CC5)CC4)cc3OC)ncc2Cl)ccc2nccnc12. The number of piperazine rings is 1. The molecular formula is C36H47ClN10OS. The van der Waals surface area contributed by atoms with Gasteiger partial charge >= 0.3 is 0 Å². The fourth-order valence-corrected chi connectivity index (χ4v) is 7.93. The monoisotopic (exact) mass is 702 g/mol. The molecule has 2 aliphatic heterocycles. The summed E-state index contributed by atoms with van der Waals surface area (Å²) in [5.41, 5.74) is 6.87. The second-order valence-electron chi connectivity index (χ2n) is 13.3. The van der Waals surface area contributed by atoms with Gasteiger partial charge in [0.2, 0.25) is 5.95 Å². The number of aromatic nitrogens is 4. The van der Waals surface area contributed by atoms with E-state index in [1.807, 2.05) is 19.2 Å². The Bertz CT molecular complexity index is 1760. The van der Waals surface area contributed by atoms with Gasteiger partial charge in [-0.15, -0.1) is 0 Å². The van der Waals surface area contributed by atoms with Crippen molar-refractivity contribution in [1.29, 1.82) is 0 Å². The largest absolute Gasteiger partial charge is 0.494 e. The highest BCUT2D eigenvalue weighted by molar-refractivity contribution is 8.00. The zero-order chi connectivity index (χ0) is 33.9. The number of rotatable bonds is 12. The van der Waals surface area contributed by atoms with Crippen LogP contribution in [0, 0.1) is 5.92 Å². The predicted molar refractivity (Wildman–Crippen MR) is 203 cm³/mol. The molecule has 3 fully saturated rings. The molecule has 7 rings (SSSR count). The van der Waals surface area contributed by atoms with E-state index in [1.165, 1.54) is 63.1 Å².